The molecule has 4 rings (SSSR count). The third-order valence-corrected chi connectivity index (χ3v) is 5.95. The molecule has 2 N–H and O–H groups in total. The van der Waals surface area contributed by atoms with E-state index >= 15 is 0 Å². The van der Waals surface area contributed by atoms with Gasteiger partial charge in [0.2, 0.25) is 0 Å². The lowest BCUT2D eigenvalue weighted by molar-refractivity contribution is 0.0746. The number of nitrogens with one attached hydrogen (secondary N) is 2. The second-order valence-electron chi connectivity index (χ2n) is 7.72. The fourth-order valence-corrected chi connectivity index (χ4v) is 4.01. The lowest BCUT2D eigenvalue weighted by Crippen LogP contribution is -2.48. The lowest BCUT2D eigenvalue weighted by atomic mass is 10.1. The summed E-state index contributed by atoms with van der Waals surface area (Å²) < 4.78 is 13.8. The summed E-state index contributed by atoms with van der Waals surface area (Å²) in [7, 11) is 0. The Morgan fingerprint density at radius 3 is 2.18 bits per heavy atom. The Morgan fingerprint density at radius 1 is 0.882 bits per heavy atom. The zero-order valence-corrected chi connectivity index (χ0v) is 19.7. The highest BCUT2D eigenvalue weighted by atomic mass is 35.5. The summed E-state index contributed by atoms with van der Waals surface area (Å²) in [5, 5.41) is 6.10. The molecule has 174 valence electrons. The van der Waals surface area contributed by atoms with Crippen LogP contribution < -0.4 is 15.5 Å². The molecule has 1 fully saturated rings. The molecular formula is C25H22ClFN4O2S. The van der Waals surface area contributed by atoms with Gasteiger partial charge in [-0.25, -0.2) is 4.39 Å². The Morgan fingerprint density at radius 2 is 1.53 bits per heavy atom. The van der Waals surface area contributed by atoms with Crippen molar-refractivity contribution in [3.8, 4) is 0 Å². The molecule has 0 saturated carbocycles. The maximum Gasteiger partial charge on any atom is 0.260 e. The number of amides is 2. The highest BCUT2D eigenvalue weighted by molar-refractivity contribution is 7.80. The summed E-state index contributed by atoms with van der Waals surface area (Å²) in [6.07, 6.45) is 0. The second kappa shape index (κ2) is 10.6. The number of anilines is 2. The molecule has 0 bridgehead atoms. The van der Waals surface area contributed by atoms with E-state index in [9.17, 15) is 14.0 Å². The minimum absolute atomic E-state index is 0.00167. The third-order valence-electron chi connectivity index (χ3n) is 5.49. The molecule has 9 heteroatoms. The molecule has 1 aliphatic rings. The summed E-state index contributed by atoms with van der Waals surface area (Å²) in [5.74, 6) is -1.22. The fraction of sp³-hybridized carbons (Fsp3) is 0.160. The molecule has 0 aromatic heterocycles. The minimum atomic E-state index is -0.613. The molecular weight excluding hydrogens is 475 g/mol. The number of piperazine rings is 1. The topological polar surface area (TPSA) is 64.7 Å². The lowest BCUT2D eigenvalue weighted by Gasteiger charge is -2.36. The van der Waals surface area contributed by atoms with Gasteiger partial charge in [0, 0.05) is 48.1 Å². The molecule has 0 aliphatic carbocycles. The molecule has 1 heterocycles. The maximum absolute atomic E-state index is 13.8. The van der Waals surface area contributed by atoms with E-state index in [1.54, 1.807) is 30.3 Å². The first-order valence-corrected chi connectivity index (χ1v) is 11.5. The zero-order chi connectivity index (χ0) is 24.1. The number of carbonyl (C=O) groups is 2. The number of rotatable bonds is 4. The van der Waals surface area contributed by atoms with Crippen molar-refractivity contribution >= 4 is 52.1 Å². The fourth-order valence-electron chi connectivity index (χ4n) is 3.68. The molecule has 3 aromatic carbocycles. The molecule has 1 aliphatic heterocycles. The molecule has 2 amide bonds. The van der Waals surface area contributed by atoms with Gasteiger partial charge in [0.25, 0.3) is 11.8 Å². The van der Waals surface area contributed by atoms with Crippen molar-refractivity contribution in [2.24, 2.45) is 0 Å². The number of benzene rings is 3. The van der Waals surface area contributed by atoms with Gasteiger partial charge in [-0.15, -0.1) is 0 Å². The summed E-state index contributed by atoms with van der Waals surface area (Å²) in [4.78, 5) is 28.9. The predicted molar refractivity (Wildman–Crippen MR) is 136 cm³/mol. The van der Waals surface area contributed by atoms with Crippen molar-refractivity contribution in [3.05, 3.63) is 94.8 Å². The van der Waals surface area contributed by atoms with Gasteiger partial charge in [-0.3, -0.25) is 14.9 Å². The van der Waals surface area contributed by atoms with E-state index in [4.69, 9.17) is 23.8 Å². The van der Waals surface area contributed by atoms with Crippen LogP contribution in [0.2, 0.25) is 5.02 Å². The quantitative estimate of drug-likeness (QED) is 0.518. The van der Waals surface area contributed by atoms with Gasteiger partial charge in [0.1, 0.15) is 5.82 Å². The van der Waals surface area contributed by atoms with Crippen LogP contribution in [0, 0.1) is 5.82 Å². The van der Waals surface area contributed by atoms with E-state index in [0.717, 1.165) is 5.69 Å². The SMILES string of the molecule is O=C(NC(=S)Nc1ccc(N2CCN(C(=O)c3ccc(Cl)cc3)CC2)cc1)c1ccccc1F. The number of thiocarbonyl (C=S) groups is 1. The van der Waals surface area contributed by atoms with Gasteiger partial charge in [-0.05, 0) is 72.9 Å². The molecule has 0 radical (unpaired) electrons. The van der Waals surface area contributed by atoms with E-state index in [2.05, 4.69) is 15.5 Å². The monoisotopic (exact) mass is 496 g/mol. The Kier molecular flexibility index (Phi) is 7.40. The van der Waals surface area contributed by atoms with E-state index in [0.29, 0.717) is 42.5 Å². The largest absolute Gasteiger partial charge is 0.368 e. The summed E-state index contributed by atoms with van der Waals surface area (Å²) >= 11 is 11.1. The molecule has 0 atom stereocenters. The van der Waals surface area contributed by atoms with Gasteiger partial charge < -0.3 is 15.1 Å². The van der Waals surface area contributed by atoms with Crippen LogP contribution in [0.1, 0.15) is 20.7 Å². The number of hydrogen-bond donors (Lipinski definition) is 2. The van der Waals surface area contributed by atoms with E-state index in [1.165, 1.54) is 18.2 Å². The first-order valence-electron chi connectivity index (χ1n) is 10.7. The molecule has 3 aromatic rings. The van der Waals surface area contributed by atoms with Gasteiger partial charge in [0.05, 0.1) is 5.56 Å². The van der Waals surface area contributed by atoms with Crippen LogP contribution in [0.5, 0.6) is 0 Å². The van der Waals surface area contributed by atoms with Gasteiger partial charge in [-0.2, -0.15) is 0 Å². The first-order chi connectivity index (χ1) is 16.4. The number of hydrogen-bond acceptors (Lipinski definition) is 4. The average molecular weight is 497 g/mol. The van der Waals surface area contributed by atoms with Crippen molar-refractivity contribution in [2.45, 2.75) is 0 Å². The van der Waals surface area contributed by atoms with Gasteiger partial charge in [-0.1, -0.05) is 23.7 Å². The van der Waals surface area contributed by atoms with Crippen molar-refractivity contribution < 1.29 is 14.0 Å². The summed E-state index contributed by atoms with van der Waals surface area (Å²) in [5.41, 5.74) is 2.27. The van der Waals surface area contributed by atoms with Crippen LogP contribution in [0.25, 0.3) is 0 Å². The molecule has 0 unspecified atom stereocenters. The second-order valence-corrected chi connectivity index (χ2v) is 8.57. The average Bonchev–Trinajstić information content (AvgIpc) is 2.85. The standard InChI is InChI=1S/C25H22ClFN4O2S/c26-18-7-5-17(6-8-18)24(33)31-15-13-30(14-16-31)20-11-9-19(10-12-20)28-25(34)29-23(32)21-3-1-2-4-22(21)27/h1-12H,13-16H2,(H2,28,29,32,34). The summed E-state index contributed by atoms with van der Waals surface area (Å²) in [6, 6.07) is 20.2. The smallest absolute Gasteiger partial charge is 0.260 e. The van der Waals surface area contributed by atoms with Crippen LogP contribution in [0.15, 0.2) is 72.8 Å². The summed E-state index contributed by atoms with van der Waals surface area (Å²) in [6.45, 7) is 2.66. The van der Waals surface area contributed by atoms with E-state index < -0.39 is 11.7 Å². The van der Waals surface area contributed by atoms with Crippen LogP contribution >= 0.6 is 23.8 Å². The Balaban J connectivity index is 1.29. The highest BCUT2D eigenvalue weighted by Crippen LogP contribution is 2.21. The van der Waals surface area contributed by atoms with Crippen molar-refractivity contribution in [3.63, 3.8) is 0 Å². The van der Waals surface area contributed by atoms with Gasteiger partial charge >= 0.3 is 0 Å². The third kappa shape index (κ3) is 5.70. The molecule has 0 spiro atoms. The van der Waals surface area contributed by atoms with Crippen LogP contribution in [-0.2, 0) is 0 Å². The maximum atomic E-state index is 13.8. The number of nitrogens with zero attached hydrogens (tertiary/aromatic N) is 2. The number of halogens is 2. The Hall–Kier alpha value is -3.49. The zero-order valence-electron chi connectivity index (χ0n) is 18.1. The Labute approximate surface area is 207 Å². The number of carbonyl (C=O) groups excluding carboxylic acids is 2. The van der Waals surface area contributed by atoms with Crippen molar-refractivity contribution in [2.75, 3.05) is 36.4 Å². The molecule has 1 saturated heterocycles. The Bertz CT molecular complexity index is 1200. The van der Waals surface area contributed by atoms with E-state index in [1.807, 2.05) is 29.2 Å². The molecule has 34 heavy (non-hydrogen) atoms. The first kappa shape index (κ1) is 23.7. The van der Waals surface area contributed by atoms with Crippen LogP contribution in [0.4, 0.5) is 15.8 Å². The van der Waals surface area contributed by atoms with Gasteiger partial charge in [0.15, 0.2) is 5.11 Å². The highest BCUT2D eigenvalue weighted by Gasteiger charge is 2.22. The predicted octanol–water partition coefficient (Wildman–Crippen LogP) is 4.57. The van der Waals surface area contributed by atoms with Crippen LogP contribution in [0.3, 0.4) is 0 Å². The van der Waals surface area contributed by atoms with Crippen molar-refractivity contribution in [1.29, 1.82) is 0 Å². The van der Waals surface area contributed by atoms with E-state index in [-0.39, 0.29) is 16.6 Å². The van der Waals surface area contributed by atoms with Crippen LogP contribution in [-0.4, -0.2) is 48.0 Å². The van der Waals surface area contributed by atoms with Crippen molar-refractivity contribution in [1.82, 2.24) is 10.2 Å². The molecule has 6 nitrogen and oxygen atoms in total. The normalized spacial score (nSPS) is 13.4. The minimum Gasteiger partial charge on any atom is -0.368 e.